The number of carboxylic acid groups (broad SMARTS) is 1. The van der Waals surface area contributed by atoms with Crippen molar-refractivity contribution in [1.29, 1.82) is 0 Å². The molecule has 2 heterocycles. The lowest BCUT2D eigenvalue weighted by molar-refractivity contribution is -0.385. The monoisotopic (exact) mass is 793 g/mol. The minimum Gasteiger partial charge on any atom is -0.481 e. The van der Waals surface area contributed by atoms with Crippen molar-refractivity contribution in [3.05, 3.63) is 79.9 Å². The molecule has 301 valence electrons. The molecule has 0 unspecified atom stereocenters. The van der Waals surface area contributed by atoms with Crippen molar-refractivity contribution < 1.29 is 43.6 Å². The van der Waals surface area contributed by atoms with Gasteiger partial charge in [0.2, 0.25) is 5.91 Å². The van der Waals surface area contributed by atoms with Crippen LogP contribution in [0.1, 0.15) is 52.7 Å². The highest BCUT2D eigenvalue weighted by atomic mass is 16.6. The smallest absolute Gasteiger partial charge is 0.410 e. The van der Waals surface area contributed by atoms with Crippen LogP contribution in [-0.2, 0) is 31.9 Å². The minimum absolute atomic E-state index is 0.0277. The molecule has 2 aliphatic rings. The number of rotatable bonds is 8. The van der Waals surface area contributed by atoms with E-state index in [0.717, 1.165) is 26.2 Å². The van der Waals surface area contributed by atoms with Gasteiger partial charge in [0, 0.05) is 127 Å². The van der Waals surface area contributed by atoms with Gasteiger partial charge in [0.15, 0.2) is 0 Å². The average molecular weight is 792 g/mol. The van der Waals surface area contributed by atoms with Gasteiger partial charge in [-0.05, 0) is 52.7 Å². The van der Waals surface area contributed by atoms with Gasteiger partial charge in [-0.1, -0.05) is 24.3 Å². The zero-order valence-corrected chi connectivity index (χ0v) is 34.0. The molecule has 9 radical (unpaired) electrons. The van der Waals surface area contributed by atoms with Gasteiger partial charge < -0.3 is 34.6 Å². The Morgan fingerprint density at radius 1 is 0.741 bits per heavy atom. The molecule has 0 spiro atoms. The van der Waals surface area contributed by atoms with Crippen LogP contribution in [0.5, 0.6) is 0 Å². The fourth-order valence-electron chi connectivity index (χ4n) is 4.79. The number of hydrogen-bond acceptors (Lipinski definition) is 11. The Morgan fingerprint density at radius 3 is 1.48 bits per heavy atom. The van der Waals surface area contributed by atoms with Crippen LogP contribution in [0.25, 0.3) is 0 Å². The molecule has 2 saturated heterocycles. The first-order chi connectivity index (χ1) is 26.9. The van der Waals surface area contributed by atoms with Crippen molar-refractivity contribution in [3.8, 4) is 0 Å². The summed E-state index contributed by atoms with van der Waals surface area (Å²) in [6.07, 6.45) is -1.59. The highest BCUT2D eigenvalue weighted by Gasteiger charge is 2.28. The molecule has 2 aliphatic heterocycles. The van der Waals surface area contributed by atoms with E-state index in [1.807, 2.05) is 41.5 Å². The molecule has 2 aromatic rings. The van der Waals surface area contributed by atoms with E-state index in [2.05, 4.69) is 5.32 Å². The Morgan fingerprint density at radius 2 is 1.14 bits per heavy atom. The third kappa shape index (κ3) is 21.6. The number of nitro benzene ring substituents is 2. The predicted molar refractivity (Wildman–Crippen MR) is 227 cm³/mol. The molecule has 3 amide bonds. The number of nitro groups is 2. The largest absolute Gasteiger partial charge is 0.481 e. The first kappa shape index (κ1) is 51.2. The number of hydrogen-bond donors (Lipinski definition) is 2. The van der Waals surface area contributed by atoms with Crippen LogP contribution in [0, 0.1) is 20.2 Å². The number of nitrogens with one attached hydrogen (secondary N) is 1. The third-order valence-electron chi connectivity index (χ3n) is 7.67. The number of carbonyl (C=O) groups is 4. The normalized spacial score (nSPS) is 13.7. The lowest BCUT2D eigenvalue weighted by Crippen LogP contribution is -2.51. The standard InChI is InChI=1S/C17H23N3O5.C9H18N2O2.C8H7NO4.B7/c1-17(2,3)25-16(22)19-9-7-18(8-10-19)15(21)12-13-5-4-6-14(11-13)20(23)24;1-9(2,3)13-8(12)11-6-4-10-5-7-11;10-8(11)5-6-2-1-3-7(4-6)9(12)13;1-5-7(4)6(2)3/h4-6,11H,7-10,12H2,1-3H3;10H,4-7H2,1-3H3;1-4H,5H2,(H,10,11);. The molecule has 2 N–H and O–H groups in total. The van der Waals surface area contributed by atoms with E-state index < -0.39 is 27.8 Å². The van der Waals surface area contributed by atoms with E-state index in [-0.39, 0.29) is 54.3 Å². The van der Waals surface area contributed by atoms with Gasteiger partial charge in [0.05, 0.1) is 22.7 Å². The van der Waals surface area contributed by atoms with Crippen LogP contribution in [0.4, 0.5) is 21.0 Å². The molecule has 2 fully saturated rings. The third-order valence-corrected chi connectivity index (χ3v) is 7.67. The van der Waals surface area contributed by atoms with Gasteiger partial charge in [-0.15, -0.1) is 0 Å². The van der Waals surface area contributed by atoms with E-state index in [1.165, 1.54) is 37.4 Å². The van der Waals surface area contributed by atoms with Crippen molar-refractivity contribution >= 4 is 86.2 Å². The Kier molecular flexibility index (Phi) is 21.9. The molecule has 0 bridgehead atoms. The van der Waals surface area contributed by atoms with Crippen LogP contribution in [0.2, 0.25) is 0 Å². The van der Waals surface area contributed by atoms with E-state index in [0.29, 0.717) is 37.3 Å². The maximum atomic E-state index is 12.4. The molecule has 58 heavy (non-hydrogen) atoms. The predicted octanol–water partition coefficient (Wildman–Crippen LogP) is 1.60. The molecule has 2 aromatic carbocycles. The summed E-state index contributed by atoms with van der Waals surface area (Å²) in [6, 6.07) is 11.7. The number of nitrogens with zero attached hydrogens (tertiary/aromatic N) is 5. The highest BCUT2D eigenvalue weighted by Crippen LogP contribution is 2.17. The van der Waals surface area contributed by atoms with Crippen LogP contribution >= 0.6 is 0 Å². The summed E-state index contributed by atoms with van der Waals surface area (Å²) in [5.74, 6) is -1.11. The van der Waals surface area contributed by atoms with Crippen LogP contribution in [-0.4, -0.2) is 168 Å². The van der Waals surface area contributed by atoms with Crippen molar-refractivity contribution in [1.82, 2.24) is 20.0 Å². The van der Waals surface area contributed by atoms with Gasteiger partial charge in [-0.2, -0.15) is 0 Å². The van der Waals surface area contributed by atoms with Gasteiger partial charge in [0.1, 0.15) is 11.2 Å². The van der Waals surface area contributed by atoms with E-state index in [1.54, 1.807) is 32.9 Å². The fourth-order valence-corrected chi connectivity index (χ4v) is 4.79. The summed E-state index contributed by atoms with van der Waals surface area (Å²) in [5, 5.41) is 32.7. The minimum atomic E-state index is -1.000. The number of non-ortho nitro benzene ring substituents is 2. The maximum absolute atomic E-state index is 12.4. The molecule has 0 atom stereocenters. The highest BCUT2D eigenvalue weighted by molar-refractivity contribution is 7.81. The number of amides is 3. The average Bonchev–Trinajstić information content (AvgIpc) is 3.14. The molecular weight excluding hydrogens is 744 g/mol. The number of aliphatic carboxylic acids is 1. The van der Waals surface area contributed by atoms with E-state index >= 15 is 0 Å². The summed E-state index contributed by atoms with van der Waals surface area (Å²) < 4.78 is 10.6. The molecule has 0 saturated carbocycles. The van der Waals surface area contributed by atoms with Gasteiger partial charge in [0.25, 0.3) is 11.4 Å². The molecule has 17 nitrogen and oxygen atoms in total. The Balaban J connectivity index is 0.000000430. The second-order valence-electron chi connectivity index (χ2n) is 15.0. The molecule has 4 rings (SSSR count). The number of benzene rings is 2. The second-order valence-corrected chi connectivity index (χ2v) is 15.0. The Bertz CT molecular complexity index is 1670. The zero-order valence-electron chi connectivity index (χ0n) is 34.0. The Labute approximate surface area is 346 Å². The topological polar surface area (TPSA) is 215 Å². The molecule has 0 aromatic heterocycles. The summed E-state index contributed by atoms with van der Waals surface area (Å²) in [6.45, 7) is 16.0. The SMILES string of the molecule is CC(C)(C)OC(=O)N1CCN(C(=O)Cc2cccc([N+](=O)[O-])c2)CC1.CC(C)(C)OC(=O)N1CCNCC1.O=C(O)Cc1cccc([N+](=O)[O-])c1.[B][B]B([B])B([B])[B]. The maximum Gasteiger partial charge on any atom is 0.410 e. The number of carbonyl (C=O) groups excluding carboxylic acids is 3. The van der Waals surface area contributed by atoms with Crippen molar-refractivity contribution in [2.45, 2.75) is 65.6 Å². The Hall–Kier alpha value is -4.87. The zero-order chi connectivity index (χ0) is 44.2. The first-order valence-electron chi connectivity index (χ1n) is 18.4. The van der Waals surface area contributed by atoms with Crippen LogP contribution in [0.15, 0.2) is 48.5 Å². The van der Waals surface area contributed by atoms with Crippen molar-refractivity contribution in [2.24, 2.45) is 0 Å². The van der Waals surface area contributed by atoms with Gasteiger partial charge >= 0.3 is 18.2 Å². The number of ether oxygens (including phenoxy) is 2. The van der Waals surface area contributed by atoms with Crippen molar-refractivity contribution in [3.63, 3.8) is 0 Å². The van der Waals surface area contributed by atoms with Crippen LogP contribution < -0.4 is 5.32 Å². The first-order valence-corrected chi connectivity index (χ1v) is 18.4. The fraction of sp³-hybridized carbons (Fsp3) is 0.529. The molecule has 24 heteroatoms. The molecular formula is C34H48B7N6O11. The lowest BCUT2D eigenvalue weighted by Gasteiger charge is -2.35. The van der Waals surface area contributed by atoms with Gasteiger partial charge in [-0.25, -0.2) is 9.59 Å². The second kappa shape index (κ2) is 24.8. The number of carboxylic acids is 1. The summed E-state index contributed by atoms with van der Waals surface area (Å²) in [4.78, 5) is 71.2. The summed E-state index contributed by atoms with van der Waals surface area (Å²) in [7, 11) is 21.6. The quantitative estimate of drug-likeness (QED) is 0.222. The van der Waals surface area contributed by atoms with E-state index in [4.69, 9.17) is 45.5 Å². The van der Waals surface area contributed by atoms with Gasteiger partial charge in [-0.3, -0.25) is 29.8 Å². The summed E-state index contributed by atoms with van der Waals surface area (Å²) in [5.41, 5.74) is -0.0112. The lowest BCUT2D eigenvalue weighted by atomic mass is 8.76. The van der Waals surface area contributed by atoms with E-state index in [9.17, 15) is 39.4 Å². The summed E-state index contributed by atoms with van der Waals surface area (Å²) >= 11 is 0. The van der Waals surface area contributed by atoms with Crippen LogP contribution in [0.3, 0.4) is 0 Å². The van der Waals surface area contributed by atoms with Crippen molar-refractivity contribution in [2.75, 3.05) is 52.4 Å². The molecule has 0 aliphatic carbocycles. The number of piperazine rings is 2.